The van der Waals surface area contributed by atoms with E-state index in [0.29, 0.717) is 19.8 Å². The average molecular weight is 334 g/mol. The van der Waals surface area contributed by atoms with Crippen LogP contribution in [0.15, 0.2) is 0 Å². The molecule has 0 bridgehead atoms. The van der Waals surface area contributed by atoms with Gasteiger partial charge in [-0.3, -0.25) is 4.98 Å². The van der Waals surface area contributed by atoms with Crippen LogP contribution in [0.1, 0.15) is 85.5 Å². The third kappa shape index (κ3) is 11.6. The third-order valence-electron chi connectivity index (χ3n) is 3.36. The minimum absolute atomic E-state index is 0.698. The molecule has 0 saturated carbocycles. The molecule has 1 N–H and O–H groups in total. The van der Waals surface area contributed by atoms with Gasteiger partial charge in [-0.15, -0.1) is 0 Å². The van der Waals surface area contributed by atoms with E-state index < -0.39 is 8.97 Å². The van der Waals surface area contributed by atoms with Crippen LogP contribution >= 0.6 is 0 Å². The molecule has 0 aromatic heterocycles. The van der Waals surface area contributed by atoms with E-state index in [9.17, 15) is 0 Å². The Morgan fingerprint density at radius 2 is 1.05 bits per heavy atom. The zero-order valence-corrected chi connectivity index (χ0v) is 16.4. The van der Waals surface area contributed by atoms with Gasteiger partial charge >= 0.3 is 8.97 Å². The summed E-state index contributed by atoms with van der Waals surface area (Å²) in [6.07, 6.45) is 10.7. The lowest BCUT2D eigenvalue weighted by molar-refractivity contribution is 0.0483. The van der Waals surface area contributed by atoms with Crippen molar-refractivity contribution in [3.63, 3.8) is 0 Å². The molecule has 4 nitrogen and oxygen atoms in total. The van der Waals surface area contributed by atoms with Gasteiger partial charge < -0.3 is 13.3 Å². The zero-order valence-electron chi connectivity index (χ0n) is 15.4. The Hall–Kier alpha value is 0.0569. The molecule has 0 aromatic carbocycles. The van der Waals surface area contributed by atoms with Crippen LogP contribution in [-0.4, -0.2) is 35.3 Å². The highest BCUT2D eigenvalue weighted by Gasteiger charge is 2.41. The van der Waals surface area contributed by atoms with E-state index in [1.807, 2.05) is 0 Å². The van der Waals surface area contributed by atoms with Gasteiger partial charge in [0.1, 0.15) is 0 Å². The van der Waals surface area contributed by atoms with E-state index in [0.717, 1.165) is 25.8 Å². The van der Waals surface area contributed by atoms with Crippen molar-refractivity contribution in [3.05, 3.63) is 0 Å². The van der Waals surface area contributed by atoms with Crippen molar-refractivity contribution in [2.24, 2.45) is 0 Å². The maximum absolute atomic E-state index is 6.01. The Labute approximate surface area is 139 Å². The molecule has 0 aromatic rings. The predicted octanol–water partition coefficient (Wildman–Crippen LogP) is 4.65. The van der Waals surface area contributed by atoms with Crippen molar-refractivity contribution < 1.29 is 13.3 Å². The molecule has 0 heterocycles. The molecule has 0 atom stereocenters. The topological polar surface area (TPSA) is 39.7 Å². The first kappa shape index (κ1) is 22.1. The van der Waals surface area contributed by atoms with E-state index in [1.54, 1.807) is 0 Å². The fourth-order valence-corrected chi connectivity index (χ4v) is 4.59. The van der Waals surface area contributed by atoms with Gasteiger partial charge in [0, 0.05) is 19.8 Å². The second-order valence-electron chi connectivity index (χ2n) is 5.80. The van der Waals surface area contributed by atoms with Crippen LogP contribution in [0, 0.1) is 0 Å². The summed E-state index contributed by atoms with van der Waals surface area (Å²) in [6, 6.07) is 0. The second-order valence-corrected chi connectivity index (χ2v) is 8.13. The van der Waals surface area contributed by atoms with Crippen LogP contribution < -0.4 is 4.98 Å². The molecule has 0 aliphatic carbocycles. The first-order chi connectivity index (χ1) is 10.7. The molecule has 0 amide bonds. The summed E-state index contributed by atoms with van der Waals surface area (Å²) < 4.78 is 18.0. The predicted molar refractivity (Wildman–Crippen MR) is 95.9 cm³/mol. The van der Waals surface area contributed by atoms with Crippen LogP contribution in [0.3, 0.4) is 0 Å². The molecule has 0 fully saturated rings. The summed E-state index contributed by atoms with van der Waals surface area (Å²) in [7, 11) is -2.68. The quantitative estimate of drug-likeness (QED) is 0.311. The molecule has 22 heavy (non-hydrogen) atoms. The minimum atomic E-state index is -2.68. The van der Waals surface area contributed by atoms with E-state index in [-0.39, 0.29) is 0 Å². The van der Waals surface area contributed by atoms with E-state index >= 15 is 0 Å². The summed E-state index contributed by atoms with van der Waals surface area (Å²) in [5.41, 5.74) is 0. The van der Waals surface area contributed by atoms with Gasteiger partial charge in [0.25, 0.3) is 0 Å². The standard InChI is InChI=1S/C17H39NO3Si/c1-5-9-10-11-12-13-14-18-22(19-15-6-2,20-16-7-3)21-17-8-4/h18H,5-17H2,1-4H3. The lowest BCUT2D eigenvalue weighted by atomic mass is 10.1. The average Bonchev–Trinajstić information content (AvgIpc) is 2.55. The third-order valence-corrected chi connectivity index (χ3v) is 5.80. The first-order valence-electron chi connectivity index (χ1n) is 9.41. The van der Waals surface area contributed by atoms with E-state index in [4.69, 9.17) is 13.3 Å². The molecular weight excluding hydrogens is 294 g/mol. The number of hydrogen-bond donors (Lipinski definition) is 1. The monoisotopic (exact) mass is 333 g/mol. The van der Waals surface area contributed by atoms with Gasteiger partial charge in [0.05, 0.1) is 0 Å². The SMILES string of the molecule is CCCCCCCCN[Si](OCCC)(OCCC)OCCC. The highest BCUT2D eigenvalue weighted by molar-refractivity contribution is 6.57. The smallest absolute Gasteiger partial charge is 0.361 e. The molecule has 0 unspecified atom stereocenters. The Bertz CT molecular complexity index is 208. The minimum Gasteiger partial charge on any atom is -0.361 e. The summed E-state index contributed by atoms with van der Waals surface area (Å²) in [5.74, 6) is 0. The fraction of sp³-hybridized carbons (Fsp3) is 1.00. The maximum Gasteiger partial charge on any atom is 0.596 e. The summed E-state index contributed by atoms with van der Waals surface area (Å²) >= 11 is 0. The number of rotatable bonds is 17. The summed E-state index contributed by atoms with van der Waals surface area (Å²) in [4.78, 5) is 3.50. The fourth-order valence-electron chi connectivity index (χ4n) is 2.13. The van der Waals surface area contributed by atoms with Gasteiger partial charge in [-0.1, -0.05) is 59.8 Å². The van der Waals surface area contributed by atoms with Crippen LogP contribution in [-0.2, 0) is 13.3 Å². The lowest BCUT2D eigenvalue weighted by Gasteiger charge is -2.29. The second kappa shape index (κ2) is 15.9. The molecule has 0 radical (unpaired) electrons. The van der Waals surface area contributed by atoms with E-state index in [1.165, 1.54) is 38.5 Å². The van der Waals surface area contributed by atoms with Crippen molar-refractivity contribution in [1.82, 2.24) is 4.98 Å². The van der Waals surface area contributed by atoms with Crippen molar-refractivity contribution >= 4 is 8.97 Å². The maximum atomic E-state index is 6.01. The number of unbranched alkanes of at least 4 members (excludes halogenated alkanes) is 5. The zero-order chi connectivity index (χ0) is 16.5. The molecule has 0 spiro atoms. The van der Waals surface area contributed by atoms with Gasteiger partial charge in [-0.25, -0.2) is 0 Å². The van der Waals surface area contributed by atoms with Gasteiger partial charge in [-0.05, 0) is 32.2 Å². The molecule has 134 valence electrons. The van der Waals surface area contributed by atoms with Crippen LogP contribution in [0.5, 0.6) is 0 Å². The van der Waals surface area contributed by atoms with Crippen LogP contribution in [0.25, 0.3) is 0 Å². The highest BCUT2D eigenvalue weighted by Crippen LogP contribution is 2.10. The van der Waals surface area contributed by atoms with Crippen molar-refractivity contribution in [2.75, 3.05) is 26.4 Å². The van der Waals surface area contributed by atoms with Crippen molar-refractivity contribution in [2.45, 2.75) is 85.5 Å². The van der Waals surface area contributed by atoms with E-state index in [2.05, 4.69) is 32.7 Å². The Kier molecular flexibility index (Phi) is 16.0. The number of nitrogens with one attached hydrogen (secondary N) is 1. The Morgan fingerprint density at radius 1 is 0.591 bits per heavy atom. The van der Waals surface area contributed by atoms with Gasteiger partial charge in [-0.2, -0.15) is 0 Å². The molecule has 0 aliphatic rings. The van der Waals surface area contributed by atoms with Crippen LogP contribution in [0.2, 0.25) is 0 Å². The van der Waals surface area contributed by atoms with Crippen LogP contribution in [0.4, 0.5) is 0 Å². The Morgan fingerprint density at radius 3 is 1.50 bits per heavy atom. The van der Waals surface area contributed by atoms with Crippen molar-refractivity contribution in [3.8, 4) is 0 Å². The number of hydrogen-bond acceptors (Lipinski definition) is 4. The molecule has 0 rings (SSSR count). The molecule has 0 aliphatic heterocycles. The largest absolute Gasteiger partial charge is 0.596 e. The van der Waals surface area contributed by atoms with Gasteiger partial charge in [0.15, 0.2) is 0 Å². The molecule has 5 heteroatoms. The van der Waals surface area contributed by atoms with Crippen molar-refractivity contribution in [1.29, 1.82) is 0 Å². The lowest BCUT2D eigenvalue weighted by Crippen LogP contribution is -2.59. The summed E-state index contributed by atoms with van der Waals surface area (Å²) in [5, 5.41) is 0. The normalized spacial score (nSPS) is 12.0. The highest BCUT2D eigenvalue weighted by atomic mass is 28.4. The Balaban J connectivity index is 4.21. The van der Waals surface area contributed by atoms with Gasteiger partial charge in [0.2, 0.25) is 0 Å². The molecular formula is C17H39NO3Si. The summed E-state index contributed by atoms with van der Waals surface area (Å²) in [6.45, 7) is 11.6. The molecule has 0 saturated heterocycles. The first-order valence-corrected chi connectivity index (χ1v) is 11.1.